The number of nitrogens with one attached hydrogen (secondary N) is 2. The highest BCUT2D eigenvalue weighted by molar-refractivity contribution is 5.80. The van der Waals surface area contributed by atoms with Gasteiger partial charge in [-0.2, -0.15) is 0 Å². The first-order valence-electron chi connectivity index (χ1n) is 10.3. The lowest BCUT2D eigenvalue weighted by atomic mass is 9.74. The molecular weight excluding hydrogens is 405 g/mol. The number of rotatable bonds is 9. The van der Waals surface area contributed by atoms with Crippen molar-refractivity contribution in [2.24, 2.45) is 0 Å². The Hall–Kier alpha value is -3.77. The van der Waals surface area contributed by atoms with Crippen LogP contribution in [0.5, 0.6) is 0 Å². The lowest BCUT2D eigenvalue weighted by Crippen LogP contribution is -2.64. The van der Waals surface area contributed by atoms with Gasteiger partial charge in [0.1, 0.15) is 6.67 Å². The highest BCUT2D eigenvalue weighted by Crippen LogP contribution is 2.39. The Morgan fingerprint density at radius 3 is 1.69 bits per heavy atom. The van der Waals surface area contributed by atoms with Crippen molar-refractivity contribution in [1.82, 2.24) is 15.3 Å². The van der Waals surface area contributed by atoms with Gasteiger partial charge in [0.15, 0.2) is 5.54 Å². The zero-order valence-electron chi connectivity index (χ0n) is 17.4. The molecule has 0 aliphatic carbocycles. The molecule has 1 atom stereocenters. The summed E-state index contributed by atoms with van der Waals surface area (Å²) in [5.41, 5.74) is -0.169. The molecule has 0 fully saturated rings. The van der Waals surface area contributed by atoms with E-state index in [2.05, 4.69) is 15.3 Å². The highest BCUT2D eigenvalue weighted by Gasteiger charge is 2.49. The molecule has 0 saturated heterocycles. The van der Waals surface area contributed by atoms with Gasteiger partial charge in [0.05, 0.1) is 17.6 Å². The van der Waals surface area contributed by atoms with Gasteiger partial charge < -0.3 is 10.1 Å². The number of carboxylic acid groups (broad SMARTS) is 1. The van der Waals surface area contributed by atoms with Gasteiger partial charge >= 0.3 is 5.97 Å². The summed E-state index contributed by atoms with van der Waals surface area (Å²) in [6.07, 6.45) is 2.92. The number of aromatic nitrogens is 2. The number of carbonyl (C=O) groups is 1. The average molecular weight is 429 g/mol. The molecule has 3 aromatic carbocycles. The van der Waals surface area contributed by atoms with Gasteiger partial charge in [-0.05, 0) is 16.7 Å². The largest absolute Gasteiger partial charge is 0.480 e. The van der Waals surface area contributed by atoms with Gasteiger partial charge in [-0.1, -0.05) is 91.0 Å². The van der Waals surface area contributed by atoms with E-state index in [1.807, 2.05) is 91.0 Å². The van der Waals surface area contributed by atoms with Crippen LogP contribution in [-0.2, 0) is 16.8 Å². The van der Waals surface area contributed by atoms with E-state index in [4.69, 9.17) is 0 Å². The summed E-state index contributed by atoms with van der Waals surface area (Å²) in [5, 5.41) is 13.6. The second-order valence-electron chi connectivity index (χ2n) is 7.73. The van der Waals surface area contributed by atoms with E-state index < -0.39 is 23.7 Å². The van der Waals surface area contributed by atoms with Crippen molar-refractivity contribution in [3.63, 3.8) is 0 Å². The predicted octanol–water partition coefficient (Wildman–Crippen LogP) is 4.33. The number of nitrogens with zero attached hydrogens (tertiary/aromatic N) is 1. The molecule has 0 bridgehead atoms. The predicted molar refractivity (Wildman–Crippen MR) is 121 cm³/mol. The summed E-state index contributed by atoms with van der Waals surface area (Å²) >= 11 is 0. The van der Waals surface area contributed by atoms with Gasteiger partial charge in [0.25, 0.3) is 0 Å². The first-order chi connectivity index (χ1) is 15.6. The van der Waals surface area contributed by atoms with Crippen LogP contribution in [0.15, 0.2) is 104 Å². The fourth-order valence-electron chi connectivity index (χ4n) is 4.15. The zero-order valence-corrected chi connectivity index (χ0v) is 17.4. The van der Waals surface area contributed by atoms with Gasteiger partial charge in [-0.3, -0.25) is 10.1 Å². The molecule has 0 saturated carbocycles. The number of hydrogen-bond donors (Lipinski definition) is 3. The van der Waals surface area contributed by atoms with Crippen molar-refractivity contribution in [3.8, 4) is 0 Å². The van der Waals surface area contributed by atoms with E-state index in [0.29, 0.717) is 5.69 Å². The monoisotopic (exact) mass is 429 g/mol. The molecular formula is C26H24FN3O2. The molecule has 162 valence electrons. The molecule has 0 aliphatic rings. The van der Waals surface area contributed by atoms with E-state index in [9.17, 15) is 14.3 Å². The Labute approximate surface area is 186 Å². The van der Waals surface area contributed by atoms with Crippen LogP contribution in [0, 0.1) is 0 Å². The van der Waals surface area contributed by atoms with Crippen molar-refractivity contribution in [2.75, 3.05) is 6.67 Å². The maximum absolute atomic E-state index is 14.8. The lowest BCUT2D eigenvalue weighted by molar-refractivity contribution is -0.146. The zero-order chi connectivity index (χ0) is 22.4. The lowest BCUT2D eigenvalue weighted by Gasteiger charge is -2.43. The van der Waals surface area contributed by atoms with Crippen molar-refractivity contribution >= 4 is 5.97 Å². The van der Waals surface area contributed by atoms with Crippen LogP contribution in [0.3, 0.4) is 0 Å². The quantitative estimate of drug-likeness (QED) is 0.346. The van der Waals surface area contributed by atoms with Crippen LogP contribution in [-0.4, -0.2) is 33.3 Å². The Balaban J connectivity index is 1.99. The summed E-state index contributed by atoms with van der Waals surface area (Å²) < 4.78 is 14.8. The van der Waals surface area contributed by atoms with Crippen LogP contribution in [0.1, 0.15) is 22.4 Å². The first kappa shape index (κ1) is 21.5. The van der Waals surface area contributed by atoms with Crippen molar-refractivity contribution in [2.45, 2.75) is 17.5 Å². The number of H-pyrrole nitrogens is 1. The van der Waals surface area contributed by atoms with E-state index in [1.165, 1.54) is 6.33 Å². The summed E-state index contributed by atoms with van der Waals surface area (Å²) in [4.78, 5) is 19.6. The normalized spacial score (nSPS) is 13.4. The molecule has 0 spiro atoms. The second kappa shape index (κ2) is 9.16. The first-order valence-corrected chi connectivity index (χ1v) is 10.3. The number of halogens is 1. The molecule has 1 aromatic heterocycles. The second-order valence-corrected chi connectivity index (χ2v) is 7.73. The minimum atomic E-state index is -1.92. The van der Waals surface area contributed by atoms with Crippen LogP contribution < -0.4 is 5.32 Å². The number of alkyl halides is 1. The fraction of sp³-hybridized carbons (Fsp3) is 0.154. The number of carboxylic acids is 1. The van der Waals surface area contributed by atoms with Crippen molar-refractivity contribution < 1.29 is 14.3 Å². The van der Waals surface area contributed by atoms with Crippen LogP contribution in [0.25, 0.3) is 0 Å². The molecule has 3 N–H and O–H groups in total. The maximum Gasteiger partial charge on any atom is 0.327 e. The summed E-state index contributed by atoms with van der Waals surface area (Å²) in [6.45, 7) is -1.12. The number of hydrogen-bond acceptors (Lipinski definition) is 3. The Kier molecular flexibility index (Phi) is 6.14. The molecule has 0 amide bonds. The van der Waals surface area contributed by atoms with Gasteiger partial charge in [-0.15, -0.1) is 0 Å². The van der Waals surface area contributed by atoms with Gasteiger partial charge in [0.2, 0.25) is 0 Å². The highest BCUT2D eigenvalue weighted by atomic mass is 19.1. The van der Waals surface area contributed by atoms with E-state index >= 15 is 0 Å². The van der Waals surface area contributed by atoms with Crippen molar-refractivity contribution in [1.29, 1.82) is 0 Å². The molecule has 4 aromatic rings. The number of aliphatic carboxylic acids is 1. The number of benzene rings is 3. The Morgan fingerprint density at radius 2 is 1.34 bits per heavy atom. The van der Waals surface area contributed by atoms with Crippen LogP contribution in [0.2, 0.25) is 0 Å². The summed E-state index contributed by atoms with van der Waals surface area (Å²) in [5.74, 6) is -1.28. The van der Waals surface area contributed by atoms with E-state index in [0.717, 1.165) is 16.7 Å². The van der Waals surface area contributed by atoms with Crippen LogP contribution >= 0.6 is 0 Å². The summed E-state index contributed by atoms with van der Waals surface area (Å²) in [6, 6.07) is 28.6. The topological polar surface area (TPSA) is 78.0 Å². The standard InChI is InChI=1S/C26H24FN3O2/c27-18-25(24(31)32,16-23-17-28-19-29-23)30-26(20-10-4-1-5-11-20,21-12-6-2-7-13-21)22-14-8-3-9-15-22/h1-15,17,19,30H,16,18H2,(H,28,29)(H,31,32). The number of imidazole rings is 1. The maximum atomic E-state index is 14.8. The smallest absolute Gasteiger partial charge is 0.327 e. The van der Waals surface area contributed by atoms with Crippen molar-refractivity contribution in [3.05, 3.63) is 126 Å². The molecule has 0 radical (unpaired) electrons. The minimum absolute atomic E-state index is 0.128. The molecule has 32 heavy (non-hydrogen) atoms. The fourth-order valence-corrected chi connectivity index (χ4v) is 4.15. The molecule has 6 heteroatoms. The Morgan fingerprint density at radius 1 is 0.875 bits per heavy atom. The SMILES string of the molecule is O=C(O)C(CF)(Cc1c[nH]cn1)NC(c1ccccc1)(c1ccccc1)c1ccccc1. The summed E-state index contributed by atoms with van der Waals surface area (Å²) in [7, 11) is 0. The molecule has 1 heterocycles. The van der Waals surface area contributed by atoms with E-state index in [1.54, 1.807) is 6.20 Å². The Bertz CT molecular complexity index is 1040. The van der Waals surface area contributed by atoms with E-state index in [-0.39, 0.29) is 6.42 Å². The third kappa shape index (κ3) is 3.92. The minimum Gasteiger partial charge on any atom is -0.480 e. The number of aromatic amines is 1. The third-order valence-corrected chi connectivity index (χ3v) is 5.72. The molecule has 0 aliphatic heterocycles. The third-order valence-electron chi connectivity index (χ3n) is 5.72. The molecule has 1 unspecified atom stereocenters. The average Bonchev–Trinajstić information content (AvgIpc) is 3.36. The molecule has 4 rings (SSSR count). The van der Waals surface area contributed by atoms with Crippen LogP contribution in [0.4, 0.5) is 4.39 Å². The van der Waals surface area contributed by atoms with Gasteiger partial charge in [-0.25, -0.2) is 9.37 Å². The molecule has 5 nitrogen and oxygen atoms in total. The van der Waals surface area contributed by atoms with Gasteiger partial charge in [0, 0.05) is 12.6 Å².